The average molecular weight is 855 g/mol. The molecule has 0 N–H and O–H groups in total. The molecule has 0 atom stereocenters. The molecule has 1 aliphatic carbocycles. The topological polar surface area (TPSA) is 52.8 Å². The van der Waals surface area contributed by atoms with Crippen LogP contribution in [0.1, 0.15) is 22.3 Å². The smallest absolute Gasteiger partial charge is 0.164 e. The molecule has 5 heteroatoms. The molecule has 10 aromatic carbocycles. The molecule has 0 radical (unpaired) electrons. The fraction of sp³-hybridized carbons (Fsp3) is 0.0161. The summed E-state index contributed by atoms with van der Waals surface area (Å²) >= 11 is 0. The lowest BCUT2D eigenvalue weighted by Gasteiger charge is -2.39. The molecule has 0 saturated carbocycles. The summed E-state index contributed by atoms with van der Waals surface area (Å²) in [7, 11) is 0. The molecule has 2 aromatic heterocycles. The van der Waals surface area contributed by atoms with E-state index in [4.69, 9.17) is 19.7 Å². The van der Waals surface area contributed by atoms with Crippen LogP contribution < -0.4 is 4.74 Å². The number of hydrogen-bond donors (Lipinski definition) is 0. The Morgan fingerprint density at radius 2 is 0.896 bits per heavy atom. The number of rotatable bonds is 5. The highest BCUT2D eigenvalue weighted by molar-refractivity contribution is 6.22. The number of ether oxygens (including phenoxy) is 1. The second-order valence-corrected chi connectivity index (χ2v) is 17.5. The Bertz CT molecular complexity index is 3900. The van der Waals surface area contributed by atoms with E-state index >= 15 is 0 Å². The van der Waals surface area contributed by atoms with Crippen molar-refractivity contribution >= 4 is 32.6 Å². The normalized spacial score (nSPS) is 13.0. The first-order valence-corrected chi connectivity index (χ1v) is 22.8. The minimum atomic E-state index is -0.584. The summed E-state index contributed by atoms with van der Waals surface area (Å²) in [5.74, 6) is 3.54. The van der Waals surface area contributed by atoms with Gasteiger partial charge in [0.2, 0.25) is 0 Å². The van der Waals surface area contributed by atoms with Gasteiger partial charge in [-0.1, -0.05) is 194 Å². The number of hydrogen-bond acceptors (Lipinski definition) is 4. The number of fused-ring (bicyclic) bond motifs is 14. The third-order valence-corrected chi connectivity index (χ3v) is 13.9. The predicted octanol–water partition coefficient (Wildman–Crippen LogP) is 15.3. The second kappa shape index (κ2) is 14.5. The molecule has 0 saturated heterocycles. The van der Waals surface area contributed by atoms with E-state index in [2.05, 4.69) is 199 Å². The van der Waals surface area contributed by atoms with Crippen molar-refractivity contribution in [1.82, 2.24) is 19.5 Å². The molecule has 5 nitrogen and oxygen atoms in total. The van der Waals surface area contributed by atoms with Gasteiger partial charge in [0, 0.05) is 50.3 Å². The zero-order chi connectivity index (χ0) is 44.1. The van der Waals surface area contributed by atoms with Gasteiger partial charge in [-0.15, -0.1) is 0 Å². The Balaban J connectivity index is 0.997. The van der Waals surface area contributed by atoms with Gasteiger partial charge in [0.25, 0.3) is 0 Å². The van der Waals surface area contributed by atoms with Crippen LogP contribution in [0.5, 0.6) is 11.5 Å². The minimum absolute atomic E-state index is 0.584. The zero-order valence-corrected chi connectivity index (χ0v) is 36.1. The van der Waals surface area contributed by atoms with Crippen LogP contribution in [-0.4, -0.2) is 19.5 Å². The largest absolute Gasteiger partial charge is 0.457 e. The second-order valence-electron chi connectivity index (χ2n) is 17.5. The standard InChI is InChI=1S/C62H38N4O/c1-3-16-39(17-4-1)40-30-32-43(33-31-40)60-63-59(42-19-5-2-6-20-42)64-61(65-60)44-21-15-22-45(36-44)66-54-35-34-41-18-7-8-23-46(41)58(54)49-37-53-57(38-55(49)66)67-56-29-14-13-28-52(56)62(53)50-26-11-9-24-47(50)48-25-10-12-27-51(48)62/h1-38H. The van der Waals surface area contributed by atoms with E-state index in [1.807, 2.05) is 36.4 Å². The van der Waals surface area contributed by atoms with Crippen molar-refractivity contribution in [1.29, 1.82) is 0 Å². The average Bonchev–Trinajstić information content (AvgIpc) is 3.89. The molecule has 14 rings (SSSR count). The Morgan fingerprint density at radius 3 is 1.63 bits per heavy atom. The summed E-state index contributed by atoms with van der Waals surface area (Å²) in [5, 5.41) is 4.75. The third-order valence-electron chi connectivity index (χ3n) is 13.9. The van der Waals surface area contributed by atoms with E-state index in [9.17, 15) is 0 Å². The van der Waals surface area contributed by atoms with Gasteiger partial charge in [-0.2, -0.15) is 0 Å². The van der Waals surface area contributed by atoms with Crippen LogP contribution in [0.2, 0.25) is 0 Å². The van der Waals surface area contributed by atoms with Gasteiger partial charge >= 0.3 is 0 Å². The van der Waals surface area contributed by atoms with Gasteiger partial charge in [0.05, 0.1) is 16.4 Å². The lowest BCUT2D eigenvalue weighted by atomic mass is 9.66. The van der Waals surface area contributed by atoms with Crippen molar-refractivity contribution in [3.63, 3.8) is 0 Å². The van der Waals surface area contributed by atoms with Gasteiger partial charge in [0.1, 0.15) is 11.5 Å². The predicted molar refractivity (Wildman–Crippen MR) is 271 cm³/mol. The van der Waals surface area contributed by atoms with E-state index in [1.54, 1.807) is 0 Å². The molecule has 0 amide bonds. The summed E-state index contributed by atoms with van der Waals surface area (Å²) in [6.45, 7) is 0. The van der Waals surface area contributed by atoms with Crippen LogP contribution in [0.15, 0.2) is 231 Å². The molecule has 12 aromatic rings. The van der Waals surface area contributed by atoms with Crippen molar-refractivity contribution < 1.29 is 4.74 Å². The highest BCUT2D eigenvalue weighted by Gasteiger charge is 2.51. The quantitative estimate of drug-likeness (QED) is 0.173. The molecule has 0 unspecified atom stereocenters. The summed E-state index contributed by atoms with van der Waals surface area (Å²) < 4.78 is 9.46. The van der Waals surface area contributed by atoms with Crippen molar-refractivity contribution in [2.24, 2.45) is 0 Å². The number of nitrogens with zero attached hydrogens (tertiary/aromatic N) is 4. The Hall–Kier alpha value is -8.93. The number of aromatic nitrogens is 4. The van der Waals surface area contributed by atoms with Crippen molar-refractivity contribution in [3.8, 4) is 73.6 Å². The Labute approximate surface area is 386 Å². The maximum atomic E-state index is 7.07. The summed E-state index contributed by atoms with van der Waals surface area (Å²) in [6.07, 6.45) is 0. The third kappa shape index (κ3) is 5.58. The SMILES string of the molecule is c1ccc(-c2ccc(-c3nc(-c4ccccc4)nc(-c4cccc(-n5c6cc7c(cc6c6c8ccccc8ccc65)C5(c6ccccc6O7)c6ccccc6-c6ccccc65)c4)n3)cc2)cc1. The van der Waals surface area contributed by atoms with Gasteiger partial charge in [-0.05, 0) is 74.5 Å². The van der Waals surface area contributed by atoms with E-state index in [0.717, 1.165) is 72.6 Å². The van der Waals surface area contributed by atoms with E-state index in [1.165, 1.54) is 38.4 Å². The van der Waals surface area contributed by atoms with Crippen LogP contribution in [-0.2, 0) is 5.41 Å². The van der Waals surface area contributed by atoms with E-state index in [0.29, 0.717) is 17.5 Å². The van der Waals surface area contributed by atoms with E-state index in [-0.39, 0.29) is 0 Å². The summed E-state index contributed by atoms with van der Waals surface area (Å²) in [6, 6.07) is 82.0. The molecule has 3 heterocycles. The Morgan fingerprint density at radius 1 is 0.343 bits per heavy atom. The molecular weight excluding hydrogens is 817 g/mol. The van der Waals surface area contributed by atoms with Crippen LogP contribution in [0.4, 0.5) is 0 Å². The van der Waals surface area contributed by atoms with Crippen molar-refractivity contribution in [3.05, 3.63) is 253 Å². The molecule has 67 heavy (non-hydrogen) atoms. The summed E-state index contributed by atoms with van der Waals surface area (Å²) in [5.41, 5.74) is 14.9. The first-order valence-electron chi connectivity index (χ1n) is 22.8. The van der Waals surface area contributed by atoms with Gasteiger partial charge < -0.3 is 9.30 Å². The zero-order valence-electron chi connectivity index (χ0n) is 36.1. The highest BCUT2D eigenvalue weighted by atomic mass is 16.5. The van der Waals surface area contributed by atoms with Crippen LogP contribution in [0.25, 0.3) is 94.7 Å². The van der Waals surface area contributed by atoms with Crippen LogP contribution in [0, 0.1) is 0 Å². The van der Waals surface area contributed by atoms with Gasteiger partial charge in [-0.3, -0.25) is 0 Å². The molecule has 1 aliphatic heterocycles. The van der Waals surface area contributed by atoms with Crippen molar-refractivity contribution in [2.75, 3.05) is 0 Å². The molecule has 0 fully saturated rings. The Kier molecular flexibility index (Phi) is 8.13. The molecule has 2 aliphatic rings. The molecular formula is C62H38N4O. The fourth-order valence-electron chi connectivity index (χ4n) is 11.0. The van der Waals surface area contributed by atoms with E-state index < -0.39 is 5.41 Å². The number of para-hydroxylation sites is 1. The maximum absolute atomic E-state index is 7.07. The molecule has 0 bridgehead atoms. The van der Waals surface area contributed by atoms with Gasteiger partial charge in [0.15, 0.2) is 17.5 Å². The summed E-state index contributed by atoms with van der Waals surface area (Å²) in [4.78, 5) is 15.4. The molecule has 312 valence electrons. The fourth-order valence-corrected chi connectivity index (χ4v) is 11.0. The van der Waals surface area contributed by atoms with Crippen LogP contribution >= 0.6 is 0 Å². The minimum Gasteiger partial charge on any atom is -0.457 e. The number of benzene rings is 10. The first-order chi connectivity index (χ1) is 33.2. The highest BCUT2D eigenvalue weighted by Crippen LogP contribution is 2.62. The lowest BCUT2D eigenvalue weighted by Crippen LogP contribution is -2.32. The molecule has 1 spiro atoms. The first kappa shape index (κ1) is 37.4. The van der Waals surface area contributed by atoms with Gasteiger partial charge in [-0.25, -0.2) is 15.0 Å². The van der Waals surface area contributed by atoms with Crippen molar-refractivity contribution in [2.45, 2.75) is 5.41 Å². The monoisotopic (exact) mass is 854 g/mol. The van der Waals surface area contributed by atoms with Crippen LogP contribution in [0.3, 0.4) is 0 Å². The maximum Gasteiger partial charge on any atom is 0.164 e. The lowest BCUT2D eigenvalue weighted by molar-refractivity contribution is 0.437.